The summed E-state index contributed by atoms with van der Waals surface area (Å²) in [4.78, 5) is 25.2. The minimum Gasteiger partial charge on any atom is -0.495 e. The van der Waals surface area contributed by atoms with Gasteiger partial charge in [0.25, 0.3) is 0 Å². The monoisotopic (exact) mass is 314 g/mol. The first-order chi connectivity index (χ1) is 11.0. The van der Waals surface area contributed by atoms with Gasteiger partial charge in [0.2, 0.25) is 5.91 Å². The lowest BCUT2D eigenvalue weighted by molar-refractivity contribution is -0.154. The van der Waals surface area contributed by atoms with Gasteiger partial charge in [0.05, 0.1) is 18.2 Å². The largest absolute Gasteiger partial charge is 0.495 e. The maximum absolute atomic E-state index is 13.0. The summed E-state index contributed by atoms with van der Waals surface area (Å²) in [6, 6.07) is 5.28. The molecule has 2 atom stereocenters. The van der Waals surface area contributed by atoms with Crippen molar-refractivity contribution in [2.24, 2.45) is 23.2 Å². The molecule has 3 N–H and O–H groups in total. The zero-order chi connectivity index (χ0) is 16.2. The molecule has 122 valence electrons. The molecule has 1 aromatic carbocycles. The van der Waals surface area contributed by atoms with E-state index < -0.39 is 0 Å². The van der Waals surface area contributed by atoms with Crippen LogP contribution in [0.5, 0.6) is 5.75 Å². The van der Waals surface area contributed by atoms with Crippen molar-refractivity contribution in [1.82, 2.24) is 0 Å². The molecule has 4 bridgehead atoms. The molecule has 4 fully saturated rings. The number of methoxy groups -OCH3 is 1. The van der Waals surface area contributed by atoms with E-state index in [4.69, 9.17) is 10.5 Å². The fourth-order valence-corrected chi connectivity index (χ4v) is 5.08. The maximum atomic E-state index is 13.0. The van der Waals surface area contributed by atoms with Gasteiger partial charge in [0, 0.05) is 23.6 Å². The smallest absolute Gasteiger partial charge is 0.230 e. The number of nitrogen functional groups attached to an aromatic ring is 1. The highest BCUT2D eigenvalue weighted by molar-refractivity contribution is 5.98. The predicted octanol–water partition coefficient (Wildman–Crippen LogP) is 2.61. The van der Waals surface area contributed by atoms with Crippen LogP contribution in [0.15, 0.2) is 18.2 Å². The molecule has 1 amide bonds. The van der Waals surface area contributed by atoms with Crippen molar-refractivity contribution in [3.8, 4) is 5.75 Å². The summed E-state index contributed by atoms with van der Waals surface area (Å²) in [6.07, 6.45) is 4.33. The van der Waals surface area contributed by atoms with Crippen LogP contribution in [0.1, 0.15) is 32.1 Å². The van der Waals surface area contributed by atoms with Crippen molar-refractivity contribution in [2.45, 2.75) is 32.1 Å². The van der Waals surface area contributed by atoms with E-state index in [-0.39, 0.29) is 23.2 Å². The Bertz CT molecular complexity index is 667. The van der Waals surface area contributed by atoms with Crippen LogP contribution in [-0.2, 0) is 9.59 Å². The Kier molecular flexibility index (Phi) is 3.15. The summed E-state index contributed by atoms with van der Waals surface area (Å²) in [5.74, 6) is 1.76. The number of amides is 1. The number of anilines is 2. The summed E-state index contributed by atoms with van der Waals surface area (Å²) < 4.78 is 5.21. The number of ketones is 1. The van der Waals surface area contributed by atoms with Crippen LogP contribution < -0.4 is 15.8 Å². The lowest BCUT2D eigenvalue weighted by atomic mass is 9.49. The molecule has 0 aromatic heterocycles. The van der Waals surface area contributed by atoms with Crippen molar-refractivity contribution in [3.63, 3.8) is 0 Å². The van der Waals surface area contributed by atoms with Gasteiger partial charge in [-0.15, -0.1) is 0 Å². The minimum atomic E-state index is -0.362. The number of nitrogens with one attached hydrogen (secondary N) is 1. The highest BCUT2D eigenvalue weighted by Crippen LogP contribution is 2.58. The van der Waals surface area contributed by atoms with E-state index in [9.17, 15) is 9.59 Å². The van der Waals surface area contributed by atoms with E-state index in [0.29, 0.717) is 28.8 Å². The third-order valence-electron chi connectivity index (χ3n) is 5.97. The summed E-state index contributed by atoms with van der Waals surface area (Å²) in [7, 11) is 1.56. The number of carbonyl (C=O) groups is 2. The molecule has 4 aliphatic carbocycles. The third kappa shape index (κ3) is 2.21. The summed E-state index contributed by atoms with van der Waals surface area (Å²) in [5, 5.41) is 3.03. The molecule has 4 saturated carbocycles. The van der Waals surface area contributed by atoms with E-state index in [2.05, 4.69) is 5.32 Å². The van der Waals surface area contributed by atoms with Crippen molar-refractivity contribution in [1.29, 1.82) is 0 Å². The first kappa shape index (κ1) is 14.5. The number of nitrogens with two attached hydrogens (primary N) is 1. The van der Waals surface area contributed by atoms with Crippen LogP contribution in [0.25, 0.3) is 0 Å². The standard InChI is InChI=1S/C18H22N2O3/c1-23-15-6-13(2-3-14(15)19)20-17(22)18-7-10-4-11(8-18)16(21)12(5-10)9-18/h2-3,6,10-12H,4-5,7-9,19H2,1H3,(H,20,22). The Hall–Kier alpha value is -2.04. The molecule has 5 rings (SSSR count). The van der Waals surface area contributed by atoms with Gasteiger partial charge in [-0.2, -0.15) is 0 Å². The number of ether oxygens (including phenoxy) is 1. The normalized spacial score (nSPS) is 34.5. The van der Waals surface area contributed by atoms with E-state index in [0.717, 1.165) is 32.1 Å². The molecule has 5 heteroatoms. The number of rotatable bonds is 3. The van der Waals surface area contributed by atoms with Gasteiger partial charge in [0.1, 0.15) is 11.5 Å². The lowest BCUT2D eigenvalue weighted by Gasteiger charge is -2.54. The Morgan fingerprint density at radius 1 is 1.26 bits per heavy atom. The van der Waals surface area contributed by atoms with Crippen molar-refractivity contribution in [3.05, 3.63) is 18.2 Å². The van der Waals surface area contributed by atoms with E-state index in [1.54, 1.807) is 25.3 Å². The number of hydrogen-bond donors (Lipinski definition) is 2. The third-order valence-corrected chi connectivity index (χ3v) is 5.97. The summed E-state index contributed by atoms with van der Waals surface area (Å²) >= 11 is 0. The van der Waals surface area contributed by atoms with Crippen LogP contribution in [0, 0.1) is 23.2 Å². The van der Waals surface area contributed by atoms with Crippen LogP contribution in [0.2, 0.25) is 0 Å². The molecule has 23 heavy (non-hydrogen) atoms. The van der Waals surface area contributed by atoms with Crippen molar-refractivity contribution >= 4 is 23.1 Å². The Balaban J connectivity index is 1.57. The molecule has 2 unspecified atom stereocenters. The van der Waals surface area contributed by atoms with Crippen LogP contribution in [0.4, 0.5) is 11.4 Å². The molecule has 1 aromatic rings. The van der Waals surface area contributed by atoms with Gasteiger partial charge in [-0.05, 0) is 50.2 Å². The molecule has 0 saturated heterocycles. The molecule has 0 spiro atoms. The van der Waals surface area contributed by atoms with E-state index >= 15 is 0 Å². The van der Waals surface area contributed by atoms with Gasteiger partial charge in [0.15, 0.2) is 0 Å². The zero-order valence-electron chi connectivity index (χ0n) is 13.3. The van der Waals surface area contributed by atoms with Gasteiger partial charge < -0.3 is 15.8 Å². The van der Waals surface area contributed by atoms with Gasteiger partial charge in [-0.3, -0.25) is 9.59 Å². The quantitative estimate of drug-likeness (QED) is 0.840. The number of carbonyl (C=O) groups excluding carboxylic acids is 2. The maximum Gasteiger partial charge on any atom is 0.230 e. The number of benzene rings is 1. The average Bonchev–Trinajstić information content (AvgIpc) is 2.53. The highest BCUT2D eigenvalue weighted by atomic mass is 16.5. The van der Waals surface area contributed by atoms with Crippen LogP contribution >= 0.6 is 0 Å². The number of Topliss-reactive ketones (excluding diaryl/α,β-unsaturated/α-hetero) is 1. The fraction of sp³-hybridized carbons (Fsp3) is 0.556. The lowest BCUT2D eigenvalue weighted by Crippen LogP contribution is -2.55. The first-order valence-corrected chi connectivity index (χ1v) is 8.29. The van der Waals surface area contributed by atoms with Crippen molar-refractivity contribution < 1.29 is 14.3 Å². The van der Waals surface area contributed by atoms with Gasteiger partial charge >= 0.3 is 0 Å². The van der Waals surface area contributed by atoms with Gasteiger partial charge in [-0.1, -0.05) is 0 Å². The first-order valence-electron chi connectivity index (χ1n) is 8.29. The van der Waals surface area contributed by atoms with E-state index in [1.807, 2.05) is 0 Å². The highest BCUT2D eigenvalue weighted by Gasteiger charge is 2.58. The van der Waals surface area contributed by atoms with Crippen molar-refractivity contribution in [2.75, 3.05) is 18.2 Å². The Morgan fingerprint density at radius 3 is 2.61 bits per heavy atom. The van der Waals surface area contributed by atoms with Crippen LogP contribution in [-0.4, -0.2) is 18.8 Å². The molecule has 0 aliphatic heterocycles. The molecule has 0 radical (unpaired) electrons. The Morgan fingerprint density at radius 2 is 1.96 bits per heavy atom. The second-order valence-electron chi connectivity index (χ2n) is 7.44. The molecular formula is C18H22N2O3. The summed E-state index contributed by atoms with van der Waals surface area (Å²) in [5.41, 5.74) is 6.70. The number of hydrogen-bond acceptors (Lipinski definition) is 4. The second-order valence-corrected chi connectivity index (χ2v) is 7.44. The second kappa shape index (κ2) is 4.98. The molecular weight excluding hydrogens is 292 g/mol. The molecule has 5 nitrogen and oxygen atoms in total. The molecule has 4 aliphatic rings. The minimum absolute atomic E-state index is 0.0521. The van der Waals surface area contributed by atoms with Gasteiger partial charge in [-0.25, -0.2) is 0 Å². The SMILES string of the molecule is COc1cc(NC(=O)C23CC4CC(C2)C(=O)C(C4)C3)ccc1N. The summed E-state index contributed by atoms with van der Waals surface area (Å²) in [6.45, 7) is 0. The average molecular weight is 314 g/mol. The zero-order valence-corrected chi connectivity index (χ0v) is 13.3. The van der Waals surface area contributed by atoms with Crippen LogP contribution in [0.3, 0.4) is 0 Å². The predicted molar refractivity (Wildman–Crippen MR) is 87.0 cm³/mol. The molecule has 0 heterocycles. The Labute approximate surface area is 135 Å². The van der Waals surface area contributed by atoms with E-state index in [1.165, 1.54) is 0 Å². The topological polar surface area (TPSA) is 81.4 Å². The fourth-order valence-electron chi connectivity index (χ4n) is 5.08.